The second-order valence-corrected chi connectivity index (χ2v) is 9.30. The molecular weight excluding hydrogens is 370 g/mol. The number of carboxylic acid groups (broad SMARTS) is 1. The van der Waals surface area contributed by atoms with Gasteiger partial charge in [-0.15, -0.1) is 11.8 Å². The molecule has 2 amide bonds. The molecule has 0 saturated carbocycles. The number of nitrogens with two attached hydrogens (primary N) is 1. The van der Waals surface area contributed by atoms with Crippen molar-refractivity contribution in [3.63, 3.8) is 0 Å². The van der Waals surface area contributed by atoms with Crippen LogP contribution in [0.3, 0.4) is 0 Å². The molecule has 3 unspecified atom stereocenters. The SMILES string of the molecule is CC1(C)SC2C(NC(=O)[C@H](N)c3ccc4c(c3)CCO4)C(=O)N2C1C(=O)O. The van der Waals surface area contributed by atoms with Crippen LogP contribution in [0.5, 0.6) is 5.75 Å². The van der Waals surface area contributed by atoms with Crippen molar-refractivity contribution in [1.82, 2.24) is 10.2 Å². The molecule has 4 atom stereocenters. The minimum Gasteiger partial charge on any atom is -0.493 e. The number of nitrogens with one attached hydrogen (secondary N) is 1. The number of carbonyl (C=O) groups excluding carboxylic acids is 2. The van der Waals surface area contributed by atoms with E-state index >= 15 is 0 Å². The summed E-state index contributed by atoms with van der Waals surface area (Å²) in [6.45, 7) is 4.20. The van der Waals surface area contributed by atoms with Crippen LogP contribution < -0.4 is 15.8 Å². The number of amides is 2. The molecule has 1 aromatic carbocycles. The van der Waals surface area contributed by atoms with Crippen molar-refractivity contribution in [2.45, 2.75) is 48.5 Å². The van der Waals surface area contributed by atoms with Gasteiger partial charge in [0, 0.05) is 11.2 Å². The summed E-state index contributed by atoms with van der Waals surface area (Å²) in [5, 5.41) is 11.8. The standard InChI is InChI=1S/C18H21N3O5S/c1-18(2)13(17(24)25)21-15(23)12(16(21)27-18)20-14(22)11(19)9-3-4-10-8(7-9)5-6-26-10/h3-4,7,11-13,16H,5-6,19H2,1-2H3,(H,20,22)(H,24,25)/t11-,12?,13?,16?/m1/s1. The van der Waals surface area contributed by atoms with Crippen molar-refractivity contribution in [3.05, 3.63) is 29.3 Å². The van der Waals surface area contributed by atoms with Gasteiger partial charge in [-0.1, -0.05) is 6.07 Å². The normalized spacial score (nSPS) is 28.6. The zero-order valence-corrected chi connectivity index (χ0v) is 15.8. The Labute approximate surface area is 160 Å². The Bertz CT molecular complexity index is 842. The molecule has 4 rings (SSSR count). The molecule has 0 aliphatic carbocycles. The Morgan fingerprint density at radius 1 is 1.44 bits per heavy atom. The molecule has 27 heavy (non-hydrogen) atoms. The van der Waals surface area contributed by atoms with Gasteiger partial charge < -0.3 is 25.8 Å². The van der Waals surface area contributed by atoms with Gasteiger partial charge in [-0.2, -0.15) is 0 Å². The third kappa shape index (κ3) is 2.76. The van der Waals surface area contributed by atoms with Crippen molar-refractivity contribution < 1.29 is 24.2 Å². The lowest BCUT2D eigenvalue weighted by atomic mass is 9.95. The highest BCUT2D eigenvalue weighted by Gasteiger charge is 2.64. The molecular formula is C18H21N3O5S. The quantitative estimate of drug-likeness (QED) is 0.629. The monoisotopic (exact) mass is 391 g/mol. The number of carboxylic acids is 1. The average molecular weight is 391 g/mol. The maximum atomic E-state index is 12.6. The first kappa shape index (κ1) is 18.1. The second-order valence-electron chi connectivity index (χ2n) is 7.53. The number of rotatable bonds is 4. The first-order valence-electron chi connectivity index (χ1n) is 8.75. The Hall–Kier alpha value is -2.26. The summed E-state index contributed by atoms with van der Waals surface area (Å²) < 4.78 is 4.82. The van der Waals surface area contributed by atoms with E-state index in [1.165, 1.54) is 16.7 Å². The fraction of sp³-hybridized carbons (Fsp3) is 0.500. The number of nitrogens with zero attached hydrogens (tertiary/aromatic N) is 1. The number of β-lactam (4-membered cyclic amide) rings is 1. The van der Waals surface area contributed by atoms with Gasteiger partial charge in [0.2, 0.25) is 11.8 Å². The molecule has 3 aliphatic heterocycles. The number of thioether (sulfide) groups is 1. The molecule has 3 aliphatic rings. The summed E-state index contributed by atoms with van der Waals surface area (Å²) in [5.74, 6) is -1.07. The summed E-state index contributed by atoms with van der Waals surface area (Å²) in [6, 6.07) is 2.83. The maximum Gasteiger partial charge on any atom is 0.327 e. The van der Waals surface area contributed by atoms with Crippen LogP contribution in [0.25, 0.3) is 0 Å². The van der Waals surface area contributed by atoms with Gasteiger partial charge in [0.1, 0.15) is 29.2 Å². The molecule has 2 fully saturated rings. The van der Waals surface area contributed by atoms with E-state index in [9.17, 15) is 19.5 Å². The van der Waals surface area contributed by atoms with E-state index in [0.717, 1.165) is 17.7 Å². The fourth-order valence-corrected chi connectivity index (χ4v) is 5.57. The molecule has 9 heteroatoms. The third-order valence-corrected chi connectivity index (χ3v) is 6.90. The van der Waals surface area contributed by atoms with Crippen LogP contribution in [0.1, 0.15) is 31.0 Å². The van der Waals surface area contributed by atoms with Crippen molar-refractivity contribution in [3.8, 4) is 5.75 Å². The largest absolute Gasteiger partial charge is 0.493 e. The number of hydrogen-bond donors (Lipinski definition) is 3. The molecule has 4 N–H and O–H groups in total. The van der Waals surface area contributed by atoms with Gasteiger partial charge in [-0.3, -0.25) is 9.59 Å². The summed E-state index contributed by atoms with van der Waals surface area (Å²) >= 11 is 1.38. The van der Waals surface area contributed by atoms with Gasteiger partial charge >= 0.3 is 5.97 Å². The van der Waals surface area contributed by atoms with E-state index in [0.29, 0.717) is 12.2 Å². The van der Waals surface area contributed by atoms with Crippen LogP contribution in [0, 0.1) is 0 Å². The predicted molar refractivity (Wildman–Crippen MR) is 98.2 cm³/mol. The van der Waals surface area contributed by atoms with Crippen LogP contribution >= 0.6 is 11.8 Å². The summed E-state index contributed by atoms with van der Waals surface area (Å²) in [5.41, 5.74) is 7.76. The van der Waals surface area contributed by atoms with Gasteiger partial charge in [-0.05, 0) is 37.1 Å². The van der Waals surface area contributed by atoms with Crippen LogP contribution in [-0.2, 0) is 20.8 Å². The molecule has 0 radical (unpaired) electrons. The minimum absolute atomic E-state index is 0.381. The highest BCUT2D eigenvalue weighted by atomic mass is 32.2. The van der Waals surface area contributed by atoms with E-state index in [-0.39, 0.29) is 5.91 Å². The Morgan fingerprint density at radius 3 is 2.89 bits per heavy atom. The maximum absolute atomic E-state index is 12.6. The lowest BCUT2D eigenvalue weighted by molar-refractivity contribution is -0.161. The Balaban J connectivity index is 1.46. The van der Waals surface area contributed by atoms with E-state index in [2.05, 4.69) is 5.32 Å². The fourth-order valence-electron chi connectivity index (χ4n) is 3.94. The number of aliphatic carboxylic acids is 1. The molecule has 3 heterocycles. The van der Waals surface area contributed by atoms with Gasteiger partial charge in [0.25, 0.3) is 0 Å². The molecule has 0 bridgehead atoms. The van der Waals surface area contributed by atoms with E-state index in [1.807, 2.05) is 6.07 Å². The molecule has 8 nitrogen and oxygen atoms in total. The predicted octanol–water partition coefficient (Wildman–Crippen LogP) is 0.253. The van der Waals surface area contributed by atoms with E-state index in [1.54, 1.807) is 26.0 Å². The van der Waals surface area contributed by atoms with Gasteiger partial charge in [-0.25, -0.2) is 4.79 Å². The molecule has 1 aromatic rings. The number of ether oxygens (including phenoxy) is 1. The topological polar surface area (TPSA) is 122 Å². The van der Waals surface area contributed by atoms with Gasteiger partial charge in [0.15, 0.2) is 0 Å². The van der Waals surface area contributed by atoms with Crippen molar-refractivity contribution in [1.29, 1.82) is 0 Å². The second kappa shape index (κ2) is 6.13. The summed E-state index contributed by atoms with van der Waals surface area (Å²) in [7, 11) is 0. The van der Waals surface area contributed by atoms with Crippen LogP contribution in [0.4, 0.5) is 0 Å². The van der Waals surface area contributed by atoms with E-state index in [4.69, 9.17) is 10.5 Å². The molecule has 0 spiro atoms. The van der Waals surface area contributed by atoms with Crippen LogP contribution in [0.2, 0.25) is 0 Å². The smallest absolute Gasteiger partial charge is 0.327 e. The number of benzene rings is 1. The first-order valence-corrected chi connectivity index (χ1v) is 9.63. The number of fused-ring (bicyclic) bond motifs is 2. The van der Waals surface area contributed by atoms with E-state index < -0.39 is 40.1 Å². The number of hydrogen-bond acceptors (Lipinski definition) is 6. The summed E-state index contributed by atoms with van der Waals surface area (Å²) in [6.07, 6.45) is 0.776. The lowest BCUT2D eigenvalue weighted by Crippen LogP contribution is -2.71. The van der Waals surface area contributed by atoms with Crippen LogP contribution in [0.15, 0.2) is 18.2 Å². The van der Waals surface area contributed by atoms with Crippen molar-refractivity contribution >= 4 is 29.5 Å². The minimum atomic E-state index is -1.04. The average Bonchev–Trinajstić information content (AvgIpc) is 3.18. The van der Waals surface area contributed by atoms with Crippen LogP contribution in [-0.4, -0.2) is 56.6 Å². The first-order chi connectivity index (χ1) is 12.7. The number of carbonyl (C=O) groups is 3. The molecule has 144 valence electrons. The Kier molecular flexibility index (Phi) is 4.12. The lowest BCUT2D eigenvalue weighted by Gasteiger charge is -2.43. The highest BCUT2D eigenvalue weighted by molar-refractivity contribution is 8.01. The zero-order chi connectivity index (χ0) is 19.5. The Morgan fingerprint density at radius 2 is 2.19 bits per heavy atom. The zero-order valence-electron chi connectivity index (χ0n) is 15.0. The highest BCUT2D eigenvalue weighted by Crippen LogP contribution is 2.50. The summed E-state index contributed by atoms with van der Waals surface area (Å²) in [4.78, 5) is 38.0. The third-order valence-electron chi connectivity index (χ3n) is 5.33. The van der Waals surface area contributed by atoms with Crippen molar-refractivity contribution in [2.75, 3.05) is 6.61 Å². The molecule has 2 saturated heterocycles. The molecule has 0 aromatic heterocycles. The van der Waals surface area contributed by atoms with Gasteiger partial charge in [0.05, 0.1) is 6.61 Å². The van der Waals surface area contributed by atoms with Crippen molar-refractivity contribution in [2.24, 2.45) is 5.73 Å².